The monoisotopic (exact) mass is 247 g/mol. The second-order valence-corrected chi connectivity index (χ2v) is 3.77. The molecule has 2 N–H and O–H groups in total. The lowest BCUT2D eigenvalue weighted by atomic mass is 10.0. The molecule has 1 aromatic rings. The van der Waals surface area contributed by atoms with Gasteiger partial charge in [-0.1, -0.05) is 12.1 Å². The zero-order chi connectivity index (χ0) is 12.9. The molecule has 0 amide bonds. The topological polar surface area (TPSA) is 35.2 Å². The molecule has 0 heterocycles. The van der Waals surface area contributed by atoms with Crippen LogP contribution in [0.1, 0.15) is 31.4 Å². The third-order valence-corrected chi connectivity index (χ3v) is 2.34. The van der Waals surface area contributed by atoms with E-state index in [0.29, 0.717) is 17.9 Å². The quantitative estimate of drug-likeness (QED) is 0.865. The summed E-state index contributed by atoms with van der Waals surface area (Å²) < 4.78 is 41.4. The predicted molar refractivity (Wildman–Crippen MR) is 59.8 cm³/mol. The Balaban J connectivity index is 2.62. The summed E-state index contributed by atoms with van der Waals surface area (Å²) in [7, 11) is 0. The summed E-state index contributed by atoms with van der Waals surface area (Å²) in [6.07, 6.45) is -5.14. The number of alkyl halides is 3. The maximum Gasteiger partial charge on any atom is 0.389 e. The van der Waals surface area contributed by atoms with E-state index in [1.54, 1.807) is 24.3 Å². The van der Waals surface area contributed by atoms with Gasteiger partial charge in [-0.3, -0.25) is 0 Å². The lowest BCUT2D eigenvalue weighted by Gasteiger charge is -2.14. The fourth-order valence-electron chi connectivity index (χ4n) is 1.49. The van der Waals surface area contributed by atoms with Crippen LogP contribution < -0.4 is 10.5 Å². The third-order valence-electron chi connectivity index (χ3n) is 2.34. The summed E-state index contributed by atoms with van der Waals surface area (Å²) >= 11 is 0. The van der Waals surface area contributed by atoms with Crippen molar-refractivity contribution < 1.29 is 17.9 Å². The Bertz CT molecular complexity index is 352. The molecule has 0 radical (unpaired) electrons. The highest BCUT2D eigenvalue weighted by molar-refractivity contribution is 5.30. The van der Waals surface area contributed by atoms with Crippen molar-refractivity contribution in [1.82, 2.24) is 0 Å². The Morgan fingerprint density at radius 3 is 2.65 bits per heavy atom. The molecule has 0 saturated carbocycles. The Kier molecular flexibility index (Phi) is 4.81. The largest absolute Gasteiger partial charge is 0.494 e. The van der Waals surface area contributed by atoms with Gasteiger partial charge in [0.2, 0.25) is 0 Å². The smallest absolute Gasteiger partial charge is 0.389 e. The van der Waals surface area contributed by atoms with Crippen LogP contribution in [0.15, 0.2) is 24.3 Å². The lowest BCUT2D eigenvalue weighted by molar-refractivity contribution is -0.136. The van der Waals surface area contributed by atoms with E-state index >= 15 is 0 Å². The molecule has 2 nitrogen and oxygen atoms in total. The molecule has 1 rings (SSSR count). The van der Waals surface area contributed by atoms with Crippen molar-refractivity contribution in [2.75, 3.05) is 6.61 Å². The van der Waals surface area contributed by atoms with Crippen molar-refractivity contribution in [2.45, 2.75) is 32.0 Å². The Labute approximate surface area is 98.6 Å². The van der Waals surface area contributed by atoms with Crippen LogP contribution in [0.5, 0.6) is 5.75 Å². The first-order chi connectivity index (χ1) is 7.92. The van der Waals surface area contributed by atoms with Gasteiger partial charge >= 0.3 is 6.18 Å². The van der Waals surface area contributed by atoms with Crippen LogP contribution in [0.4, 0.5) is 13.2 Å². The summed E-state index contributed by atoms with van der Waals surface area (Å²) in [5.74, 6) is 0.632. The highest BCUT2D eigenvalue weighted by Gasteiger charge is 2.27. The summed E-state index contributed by atoms with van der Waals surface area (Å²) in [4.78, 5) is 0. The zero-order valence-electron chi connectivity index (χ0n) is 9.63. The van der Waals surface area contributed by atoms with Gasteiger partial charge in [-0.25, -0.2) is 0 Å². The normalized spacial score (nSPS) is 13.5. The molecule has 0 saturated heterocycles. The average molecular weight is 247 g/mol. The molecule has 1 unspecified atom stereocenters. The number of nitrogens with two attached hydrogens (primary N) is 1. The van der Waals surface area contributed by atoms with Gasteiger partial charge in [-0.15, -0.1) is 0 Å². The minimum absolute atomic E-state index is 0.112. The fourth-order valence-corrected chi connectivity index (χ4v) is 1.49. The number of benzene rings is 1. The number of halogens is 3. The van der Waals surface area contributed by atoms with Crippen LogP contribution in [-0.4, -0.2) is 12.8 Å². The standard InChI is InChI=1S/C12H16F3NO/c1-2-17-10-5-3-4-9(8-10)11(16)6-7-12(13,14)15/h3-5,8,11H,2,6-7,16H2,1H3. The van der Waals surface area contributed by atoms with E-state index in [9.17, 15) is 13.2 Å². The van der Waals surface area contributed by atoms with Crippen LogP contribution in [-0.2, 0) is 0 Å². The van der Waals surface area contributed by atoms with Crippen molar-refractivity contribution in [3.63, 3.8) is 0 Å². The number of rotatable bonds is 5. The predicted octanol–water partition coefficient (Wildman–Crippen LogP) is 3.43. The molecule has 0 aromatic heterocycles. The number of hydrogen-bond acceptors (Lipinski definition) is 2. The van der Waals surface area contributed by atoms with Crippen molar-refractivity contribution in [2.24, 2.45) is 5.73 Å². The highest BCUT2D eigenvalue weighted by atomic mass is 19.4. The fraction of sp³-hybridized carbons (Fsp3) is 0.500. The first-order valence-corrected chi connectivity index (χ1v) is 5.47. The molecular weight excluding hydrogens is 231 g/mol. The van der Waals surface area contributed by atoms with Crippen molar-refractivity contribution in [3.05, 3.63) is 29.8 Å². The Hall–Kier alpha value is -1.23. The van der Waals surface area contributed by atoms with E-state index in [1.165, 1.54) is 0 Å². The molecule has 17 heavy (non-hydrogen) atoms. The lowest BCUT2D eigenvalue weighted by Crippen LogP contribution is -2.15. The van der Waals surface area contributed by atoms with Crippen molar-refractivity contribution >= 4 is 0 Å². The second kappa shape index (κ2) is 5.91. The van der Waals surface area contributed by atoms with E-state index in [2.05, 4.69) is 0 Å². The van der Waals surface area contributed by atoms with Crippen molar-refractivity contribution in [3.8, 4) is 5.75 Å². The third kappa shape index (κ3) is 5.08. The molecule has 0 fully saturated rings. The van der Waals surface area contributed by atoms with Crippen LogP contribution in [0, 0.1) is 0 Å². The molecule has 0 aliphatic heterocycles. The second-order valence-electron chi connectivity index (χ2n) is 3.77. The molecule has 1 aromatic carbocycles. The molecule has 0 aliphatic rings. The molecule has 1 atom stereocenters. The molecule has 5 heteroatoms. The number of ether oxygens (including phenoxy) is 1. The average Bonchev–Trinajstić information content (AvgIpc) is 2.26. The van der Waals surface area contributed by atoms with Gasteiger partial charge in [0.25, 0.3) is 0 Å². The van der Waals surface area contributed by atoms with Gasteiger partial charge in [0, 0.05) is 12.5 Å². The van der Waals surface area contributed by atoms with E-state index in [4.69, 9.17) is 10.5 Å². The van der Waals surface area contributed by atoms with Crippen LogP contribution in [0.2, 0.25) is 0 Å². The zero-order valence-corrected chi connectivity index (χ0v) is 9.63. The molecule has 0 aliphatic carbocycles. The summed E-state index contributed by atoms with van der Waals surface area (Å²) in [6, 6.07) is 6.27. The molecule has 0 bridgehead atoms. The summed E-state index contributed by atoms with van der Waals surface area (Å²) in [6.45, 7) is 2.36. The van der Waals surface area contributed by atoms with Crippen LogP contribution in [0.25, 0.3) is 0 Å². The SMILES string of the molecule is CCOc1cccc(C(N)CCC(F)(F)F)c1. The van der Waals surface area contributed by atoms with E-state index in [-0.39, 0.29) is 6.42 Å². The molecule has 0 spiro atoms. The van der Waals surface area contributed by atoms with E-state index in [0.717, 1.165) is 0 Å². The summed E-state index contributed by atoms with van der Waals surface area (Å²) in [5.41, 5.74) is 6.38. The first kappa shape index (κ1) is 13.8. The minimum Gasteiger partial charge on any atom is -0.494 e. The maximum atomic E-state index is 12.1. The van der Waals surface area contributed by atoms with Gasteiger partial charge in [-0.05, 0) is 31.0 Å². The van der Waals surface area contributed by atoms with E-state index < -0.39 is 18.6 Å². The molecular formula is C12H16F3NO. The van der Waals surface area contributed by atoms with Crippen LogP contribution >= 0.6 is 0 Å². The van der Waals surface area contributed by atoms with Crippen molar-refractivity contribution in [1.29, 1.82) is 0 Å². The van der Waals surface area contributed by atoms with E-state index in [1.807, 2.05) is 6.92 Å². The Morgan fingerprint density at radius 2 is 2.06 bits per heavy atom. The van der Waals surface area contributed by atoms with Gasteiger partial charge in [0.05, 0.1) is 6.61 Å². The summed E-state index contributed by atoms with van der Waals surface area (Å²) in [5, 5.41) is 0. The van der Waals surface area contributed by atoms with Gasteiger partial charge in [-0.2, -0.15) is 13.2 Å². The Morgan fingerprint density at radius 1 is 1.35 bits per heavy atom. The van der Waals surface area contributed by atoms with Gasteiger partial charge in [0.1, 0.15) is 5.75 Å². The highest BCUT2D eigenvalue weighted by Crippen LogP contribution is 2.27. The van der Waals surface area contributed by atoms with Gasteiger partial charge < -0.3 is 10.5 Å². The maximum absolute atomic E-state index is 12.1. The van der Waals surface area contributed by atoms with Crippen LogP contribution in [0.3, 0.4) is 0 Å². The first-order valence-electron chi connectivity index (χ1n) is 5.47. The van der Waals surface area contributed by atoms with Gasteiger partial charge in [0.15, 0.2) is 0 Å². The minimum atomic E-state index is -4.16. The number of hydrogen-bond donors (Lipinski definition) is 1. The molecule has 96 valence electrons.